The van der Waals surface area contributed by atoms with E-state index < -0.39 is 11.4 Å². The number of carbonyl (C=O) groups is 4. The van der Waals surface area contributed by atoms with Crippen LogP contribution in [0.15, 0.2) is 24.3 Å². The van der Waals surface area contributed by atoms with Crippen LogP contribution in [-0.4, -0.2) is 52.6 Å². The monoisotopic (exact) mass is 400 g/mol. The molecule has 2 aliphatic heterocycles. The average Bonchev–Trinajstić information content (AvgIpc) is 2.91. The van der Waals surface area contributed by atoms with Crippen LogP contribution in [0, 0.1) is 10.8 Å². The van der Waals surface area contributed by atoms with Gasteiger partial charge in [-0.2, -0.15) is 0 Å². The lowest BCUT2D eigenvalue weighted by Crippen LogP contribution is -2.46. The van der Waals surface area contributed by atoms with Crippen LogP contribution in [0.1, 0.15) is 44.1 Å². The number of anilines is 1. The number of rotatable bonds is 6. The molecule has 1 aromatic rings. The fourth-order valence-corrected chi connectivity index (χ4v) is 3.97. The quantitative estimate of drug-likeness (QED) is 0.370. The van der Waals surface area contributed by atoms with Crippen LogP contribution in [0.25, 0.3) is 0 Å². The molecule has 2 aliphatic rings. The maximum atomic E-state index is 13.1. The van der Waals surface area contributed by atoms with Gasteiger partial charge in [-0.1, -0.05) is 0 Å². The zero-order valence-corrected chi connectivity index (χ0v) is 16.0. The maximum absolute atomic E-state index is 13.1. The highest BCUT2D eigenvalue weighted by Gasteiger charge is 2.53. The van der Waals surface area contributed by atoms with E-state index in [1.807, 2.05) is 0 Å². The van der Waals surface area contributed by atoms with Crippen molar-refractivity contribution in [2.24, 2.45) is 11.1 Å². The normalized spacial score (nSPS) is 18.3. The summed E-state index contributed by atoms with van der Waals surface area (Å²) in [5.74, 6) is -1.66. The maximum Gasteiger partial charge on any atom is 0.303 e. The third kappa shape index (κ3) is 4.13. The lowest BCUT2D eigenvalue weighted by Gasteiger charge is -2.37. The van der Waals surface area contributed by atoms with E-state index in [1.54, 1.807) is 29.2 Å². The highest BCUT2D eigenvalue weighted by molar-refractivity contribution is 6.22. The Balaban J connectivity index is 1.64. The van der Waals surface area contributed by atoms with Gasteiger partial charge in [-0.15, -0.1) is 0 Å². The number of amides is 3. The van der Waals surface area contributed by atoms with Crippen LogP contribution < -0.4 is 10.6 Å². The van der Waals surface area contributed by atoms with Gasteiger partial charge in [0.15, 0.2) is 0 Å². The van der Waals surface area contributed by atoms with Crippen LogP contribution in [0.3, 0.4) is 0 Å². The average molecular weight is 400 g/mol. The van der Waals surface area contributed by atoms with Crippen molar-refractivity contribution in [3.8, 4) is 0 Å². The van der Waals surface area contributed by atoms with E-state index in [4.69, 9.17) is 16.2 Å². The molecular formula is C20H24N4O5. The van der Waals surface area contributed by atoms with Gasteiger partial charge in [0, 0.05) is 37.9 Å². The molecule has 0 atom stereocenters. The van der Waals surface area contributed by atoms with Gasteiger partial charge in [-0.3, -0.25) is 29.5 Å². The molecule has 29 heavy (non-hydrogen) atoms. The third-order valence-electron chi connectivity index (χ3n) is 5.69. The molecule has 0 unspecified atom stereocenters. The number of carboxylic acid groups (broad SMARTS) is 1. The molecule has 3 rings (SSSR count). The molecule has 0 aromatic heterocycles. The van der Waals surface area contributed by atoms with Crippen LogP contribution >= 0.6 is 0 Å². The lowest BCUT2D eigenvalue weighted by atomic mass is 9.77. The summed E-state index contributed by atoms with van der Waals surface area (Å²) in [6.07, 6.45) is 1.34. The number of amidine groups is 1. The topological polar surface area (TPSA) is 145 Å². The minimum absolute atomic E-state index is 0.0477. The Labute approximate surface area is 168 Å². The van der Waals surface area contributed by atoms with Crippen molar-refractivity contribution < 1.29 is 24.3 Å². The predicted molar refractivity (Wildman–Crippen MR) is 104 cm³/mol. The van der Waals surface area contributed by atoms with Crippen molar-refractivity contribution in [3.05, 3.63) is 29.8 Å². The first-order valence-corrected chi connectivity index (χ1v) is 9.55. The van der Waals surface area contributed by atoms with E-state index in [9.17, 15) is 19.2 Å². The van der Waals surface area contributed by atoms with Crippen molar-refractivity contribution in [2.45, 2.75) is 38.5 Å². The van der Waals surface area contributed by atoms with Gasteiger partial charge in [0.1, 0.15) is 5.84 Å². The number of hydrogen-bond donors (Lipinski definition) is 3. The number of nitrogens with two attached hydrogens (primary N) is 1. The van der Waals surface area contributed by atoms with E-state index >= 15 is 0 Å². The molecule has 0 aliphatic carbocycles. The van der Waals surface area contributed by atoms with Crippen LogP contribution in [0.5, 0.6) is 0 Å². The lowest BCUT2D eigenvalue weighted by molar-refractivity contribution is -0.139. The van der Waals surface area contributed by atoms with E-state index in [0.717, 1.165) is 0 Å². The summed E-state index contributed by atoms with van der Waals surface area (Å²) < 4.78 is 0. The molecule has 2 fully saturated rings. The first-order chi connectivity index (χ1) is 13.7. The Morgan fingerprint density at radius 1 is 1.10 bits per heavy atom. The fourth-order valence-electron chi connectivity index (χ4n) is 3.97. The molecular weight excluding hydrogens is 376 g/mol. The second-order valence-electron chi connectivity index (χ2n) is 7.58. The van der Waals surface area contributed by atoms with E-state index in [0.29, 0.717) is 37.2 Å². The summed E-state index contributed by atoms with van der Waals surface area (Å²) in [6.45, 7) is 0.754. The molecule has 0 saturated carbocycles. The molecule has 1 aromatic carbocycles. The summed E-state index contributed by atoms with van der Waals surface area (Å²) in [4.78, 5) is 51.4. The first kappa shape index (κ1) is 20.5. The number of hydrogen-bond acceptors (Lipinski definition) is 5. The van der Waals surface area contributed by atoms with Gasteiger partial charge >= 0.3 is 5.97 Å². The molecule has 1 spiro atoms. The minimum atomic E-state index is -0.929. The second kappa shape index (κ2) is 8.02. The summed E-state index contributed by atoms with van der Waals surface area (Å²) in [5.41, 5.74) is 5.61. The Bertz CT molecular complexity index is 856. The van der Waals surface area contributed by atoms with E-state index in [1.165, 1.54) is 4.90 Å². The largest absolute Gasteiger partial charge is 0.481 e. The zero-order chi connectivity index (χ0) is 21.2. The van der Waals surface area contributed by atoms with Crippen LogP contribution in [0.4, 0.5) is 5.69 Å². The summed E-state index contributed by atoms with van der Waals surface area (Å²) in [7, 11) is 0. The molecule has 3 amide bonds. The first-order valence-electron chi connectivity index (χ1n) is 9.55. The van der Waals surface area contributed by atoms with Crippen molar-refractivity contribution >= 4 is 35.2 Å². The summed E-state index contributed by atoms with van der Waals surface area (Å²) in [5, 5.41) is 16.1. The Morgan fingerprint density at radius 3 is 2.28 bits per heavy atom. The smallest absolute Gasteiger partial charge is 0.303 e. The SMILES string of the molecule is N=C(N)c1ccc(N2C(=O)CC3(CCN(C(=O)CCCC(=O)O)CC3)C2=O)cc1. The highest BCUT2D eigenvalue weighted by atomic mass is 16.4. The molecule has 0 bridgehead atoms. The number of nitrogens with one attached hydrogen (secondary N) is 1. The highest BCUT2D eigenvalue weighted by Crippen LogP contribution is 2.43. The summed E-state index contributed by atoms with van der Waals surface area (Å²) >= 11 is 0. The zero-order valence-electron chi connectivity index (χ0n) is 16.0. The number of carbonyl (C=O) groups excluding carboxylic acids is 3. The predicted octanol–water partition coefficient (Wildman–Crippen LogP) is 1.10. The van der Waals surface area contributed by atoms with Gasteiger partial charge in [-0.05, 0) is 43.5 Å². The second-order valence-corrected chi connectivity index (χ2v) is 7.58. The molecule has 4 N–H and O–H groups in total. The number of benzene rings is 1. The Hall–Kier alpha value is -3.23. The van der Waals surface area contributed by atoms with Gasteiger partial charge in [0.05, 0.1) is 11.1 Å². The van der Waals surface area contributed by atoms with Crippen molar-refractivity contribution in [3.63, 3.8) is 0 Å². The number of likely N-dealkylation sites (tertiary alicyclic amines) is 1. The number of imide groups is 1. The fraction of sp³-hybridized carbons (Fsp3) is 0.450. The number of piperidine rings is 1. The van der Waals surface area contributed by atoms with Crippen LogP contribution in [0.2, 0.25) is 0 Å². The molecule has 154 valence electrons. The Kier molecular flexibility index (Phi) is 5.67. The number of aliphatic carboxylic acids is 1. The van der Waals surface area contributed by atoms with Crippen molar-refractivity contribution in [2.75, 3.05) is 18.0 Å². The van der Waals surface area contributed by atoms with Crippen molar-refractivity contribution in [1.29, 1.82) is 5.41 Å². The molecule has 0 radical (unpaired) electrons. The third-order valence-corrected chi connectivity index (χ3v) is 5.69. The molecule has 2 heterocycles. The van der Waals surface area contributed by atoms with Gasteiger partial charge in [0.25, 0.3) is 0 Å². The molecule has 9 nitrogen and oxygen atoms in total. The van der Waals surface area contributed by atoms with Gasteiger partial charge in [0.2, 0.25) is 17.7 Å². The molecule has 2 saturated heterocycles. The van der Waals surface area contributed by atoms with Gasteiger partial charge in [-0.25, -0.2) is 0 Å². The molecule has 9 heteroatoms. The number of carboxylic acids is 1. The van der Waals surface area contributed by atoms with E-state index in [2.05, 4.69) is 0 Å². The van der Waals surface area contributed by atoms with Crippen molar-refractivity contribution in [1.82, 2.24) is 4.90 Å². The minimum Gasteiger partial charge on any atom is -0.481 e. The summed E-state index contributed by atoms with van der Waals surface area (Å²) in [6, 6.07) is 6.41. The Morgan fingerprint density at radius 2 is 1.72 bits per heavy atom. The van der Waals surface area contributed by atoms with E-state index in [-0.39, 0.29) is 49.2 Å². The van der Waals surface area contributed by atoms with Crippen LogP contribution in [-0.2, 0) is 19.2 Å². The number of nitrogen functional groups attached to an aromatic ring is 1. The number of nitrogens with zero attached hydrogens (tertiary/aromatic N) is 2. The van der Waals surface area contributed by atoms with Gasteiger partial charge < -0.3 is 15.7 Å². The standard InChI is InChI=1S/C20H24N4O5/c21-18(22)13-4-6-14(7-5-13)24-16(26)12-20(19(24)29)8-10-23(11-9-20)15(25)2-1-3-17(27)28/h4-7H,1-3,8-12H2,(H3,21,22)(H,27,28).